The maximum absolute atomic E-state index is 12.0. The minimum absolute atomic E-state index is 0.350. The van der Waals surface area contributed by atoms with Gasteiger partial charge in [-0.2, -0.15) is 0 Å². The van der Waals surface area contributed by atoms with Gasteiger partial charge in [-0.15, -0.1) is 0 Å². The van der Waals surface area contributed by atoms with Crippen molar-refractivity contribution in [3.63, 3.8) is 0 Å². The molecule has 1 aromatic carbocycles. The molecule has 0 aliphatic carbocycles. The third-order valence-corrected chi connectivity index (χ3v) is 3.27. The zero-order valence-corrected chi connectivity index (χ0v) is 13.2. The first kappa shape index (κ1) is 15.7. The lowest BCUT2D eigenvalue weighted by Gasteiger charge is -2.12. The molecule has 0 aliphatic rings. The van der Waals surface area contributed by atoms with Gasteiger partial charge in [0.25, 0.3) is 0 Å². The summed E-state index contributed by atoms with van der Waals surface area (Å²) in [6, 6.07) is 7.39. The quantitative estimate of drug-likeness (QED) is 0.837. The second-order valence-corrected chi connectivity index (χ2v) is 5.40. The van der Waals surface area contributed by atoms with Crippen molar-refractivity contribution in [1.29, 1.82) is 0 Å². The van der Waals surface area contributed by atoms with Crippen LogP contribution in [0.1, 0.15) is 22.3 Å². The first-order valence-corrected chi connectivity index (χ1v) is 6.99. The van der Waals surface area contributed by atoms with Gasteiger partial charge < -0.3 is 10.6 Å². The number of benzene rings is 1. The molecule has 0 saturated carbocycles. The Hall–Kier alpha value is -2.69. The molecule has 0 atom stereocenters. The molecule has 0 fully saturated rings. The molecule has 114 valence electrons. The maximum atomic E-state index is 12.0. The average Bonchev–Trinajstić information content (AvgIpc) is 2.45. The molecule has 0 bridgehead atoms. The number of nitrogens with zero attached hydrogens (tertiary/aromatic N) is 1. The van der Waals surface area contributed by atoms with Gasteiger partial charge in [-0.05, 0) is 50.5 Å². The van der Waals surface area contributed by atoms with Crippen molar-refractivity contribution < 1.29 is 9.59 Å². The molecular formula is C17H19N3O2. The van der Waals surface area contributed by atoms with Gasteiger partial charge in [-0.25, -0.2) is 4.98 Å². The molecular weight excluding hydrogens is 278 g/mol. The van der Waals surface area contributed by atoms with Crippen LogP contribution in [0.4, 0.5) is 11.5 Å². The van der Waals surface area contributed by atoms with E-state index in [0.717, 1.165) is 22.3 Å². The highest BCUT2D eigenvalue weighted by Crippen LogP contribution is 2.21. The first-order chi connectivity index (χ1) is 10.4. The molecule has 0 unspecified atom stereocenters. The maximum Gasteiger partial charge on any atom is 0.315 e. The molecule has 22 heavy (non-hydrogen) atoms. The minimum Gasteiger partial charge on any atom is -0.317 e. The smallest absolute Gasteiger partial charge is 0.315 e. The second-order valence-electron chi connectivity index (χ2n) is 5.40. The Morgan fingerprint density at radius 3 is 2.00 bits per heavy atom. The standard InChI is InChI=1S/C17H19N3O2/c1-10-5-6-14(18-9-10)19-16(21)17(22)20-15-12(3)7-11(2)8-13(15)4/h5-9H,1-4H3,(H,20,22)(H,18,19,21). The third kappa shape index (κ3) is 3.69. The summed E-state index contributed by atoms with van der Waals surface area (Å²) >= 11 is 0. The van der Waals surface area contributed by atoms with Crippen molar-refractivity contribution in [3.8, 4) is 0 Å². The van der Waals surface area contributed by atoms with E-state index in [1.807, 2.05) is 45.9 Å². The number of anilines is 2. The van der Waals surface area contributed by atoms with Crippen molar-refractivity contribution >= 4 is 23.3 Å². The number of hydrogen-bond acceptors (Lipinski definition) is 3. The number of rotatable bonds is 2. The van der Waals surface area contributed by atoms with Crippen molar-refractivity contribution in [2.45, 2.75) is 27.7 Å². The van der Waals surface area contributed by atoms with Crippen LogP contribution in [0.25, 0.3) is 0 Å². The zero-order valence-electron chi connectivity index (χ0n) is 13.2. The normalized spacial score (nSPS) is 10.2. The molecule has 2 N–H and O–H groups in total. The third-order valence-electron chi connectivity index (χ3n) is 3.27. The molecule has 0 spiro atoms. The van der Waals surface area contributed by atoms with E-state index in [4.69, 9.17) is 0 Å². The van der Waals surface area contributed by atoms with E-state index in [-0.39, 0.29) is 0 Å². The molecule has 2 amide bonds. The summed E-state index contributed by atoms with van der Waals surface area (Å²) in [5, 5.41) is 5.14. The van der Waals surface area contributed by atoms with Crippen molar-refractivity contribution in [2.24, 2.45) is 0 Å². The Morgan fingerprint density at radius 1 is 0.864 bits per heavy atom. The molecule has 5 heteroatoms. The van der Waals surface area contributed by atoms with Crippen LogP contribution in [0.15, 0.2) is 30.5 Å². The fraction of sp³-hybridized carbons (Fsp3) is 0.235. The monoisotopic (exact) mass is 297 g/mol. The Balaban J connectivity index is 2.09. The summed E-state index contributed by atoms with van der Waals surface area (Å²) in [7, 11) is 0. The highest BCUT2D eigenvalue weighted by Gasteiger charge is 2.16. The Kier molecular flexibility index (Phi) is 4.56. The van der Waals surface area contributed by atoms with Gasteiger partial charge in [0, 0.05) is 11.9 Å². The molecule has 1 heterocycles. The predicted molar refractivity (Wildman–Crippen MR) is 86.9 cm³/mol. The molecule has 5 nitrogen and oxygen atoms in total. The molecule has 2 rings (SSSR count). The van der Waals surface area contributed by atoms with Crippen LogP contribution in [-0.4, -0.2) is 16.8 Å². The molecule has 0 aliphatic heterocycles. The number of hydrogen-bond donors (Lipinski definition) is 2. The summed E-state index contributed by atoms with van der Waals surface area (Å²) in [5.74, 6) is -1.10. The highest BCUT2D eigenvalue weighted by atomic mass is 16.2. The van der Waals surface area contributed by atoms with Crippen LogP contribution in [0.2, 0.25) is 0 Å². The van der Waals surface area contributed by atoms with Crippen LogP contribution in [0.5, 0.6) is 0 Å². The molecule has 2 aromatic rings. The van der Waals surface area contributed by atoms with Crippen LogP contribution in [-0.2, 0) is 9.59 Å². The number of nitrogens with one attached hydrogen (secondary N) is 2. The number of carbonyl (C=O) groups is 2. The summed E-state index contributed by atoms with van der Waals surface area (Å²) in [5.41, 5.74) is 4.61. The fourth-order valence-electron chi connectivity index (χ4n) is 2.26. The van der Waals surface area contributed by atoms with E-state index in [1.54, 1.807) is 12.3 Å². The summed E-state index contributed by atoms with van der Waals surface area (Å²) in [6.45, 7) is 7.68. The van der Waals surface area contributed by atoms with E-state index in [0.29, 0.717) is 11.5 Å². The zero-order chi connectivity index (χ0) is 16.3. The Morgan fingerprint density at radius 2 is 1.45 bits per heavy atom. The number of amides is 2. The van der Waals surface area contributed by atoms with Crippen molar-refractivity contribution in [2.75, 3.05) is 10.6 Å². The number of aryl methyl sites for hydroxylation is 4. The number of pyridine rings is 1. The number of aromatic nitrogens is 1. The van der Waals surface area contributed by atoms with Crippen LogP contribution >= 0.6 is 0 Å². The lowest BCUT2D eigenvalue weighted by molar-refractivity contribution is -0.133. The van der Waals surface area contributed by atoms with E-state index >= 15 is 0 Å². The topological polar surface area (TPSA) is 71.1 Å². The van der Waals surface area contributed by atoms with Gasteiger partial charge >= 0.3 is 11.8 Å². The highest BCUT2D eigenvalue weighted by molar-refractivity contribution is 6.43. The predicted octanol–water partition coefficient (Wildman–Crippen LogP) is 2.89. The first-order valence-electron chi connectivity index (χ1n) is 6.99. The largest absolute Gasteiger partial charge is 0.317 e. The van der Waals surface area contributed by atoms with Crippen LogP contribution in [0.3, 0.4) is 0 Å². The van der Waals surface area contributed by atoms with Gasteiger partial charge in [0.2, 0.25) is 0 Å². The molecule has 1 aromatic heterocycles. The van der Waals surface area contributed by atoms with E-state index in [9.17, 15) is 9.59 Å². The van der Waals surface area contributed by atoms with Gasteiger partial charge in [0.05, 0.1) is 0 Å². The molecule has 0 radical (unpaired) electrons. The second kappa shape index (κ2) is 6.39. The lowest BCUT2D eigenvalue weighted by Crippen LogP contribution is -2.30. The van der Waals surface area contributed by atoms with Gasteiger partial charge in [-0.1, -0.05) is 23.8 Å². The number of carbonyl (C=O) groups excluding carboxylic acids is 2. The van der Waals surface area contributed by atoms with Gasteiger partial charge in [0.1, 0.15) is 5.82 Å². The van der Waals surface area contributed by atoms with E-state index in [1.165, 1.54) is 0 Å². The van der Waals surface area contributed by atoms with E-state index in [2.05, 4.69) is 15.6 Å². The van der Waals surface area contributed by atoms with Gasteiger partial charge in [-0.3, -0.25) is 9.59 Å². The average molecular weight is 297 g/mol. The van der Waals surface area contributed by atoms with Crippen LogP contribution in [0, 0.1) is 27.7 Å². The SMILES string of the molecule is Cc1ccc(NC(=O)C(=O)Nc2c(C)cc(C)cc2C)nc1. The van der Waals surface area contributed by atoms with Gasteiger partial charge in [0.15, 0.2) is 0 Å². The molecule has 0 saturated heterocycles. The summed E-state index contributed by atoms with van der Waals surface area (Å²) in [6.07, 6.45) is 1.63. The Labute approximate surface area is 129 Å². The lowest BCUT2D eigenvalue weighted by atomic mass is 10.1. The fourth-order valence-corrected chi connectivity index (χ4v) is 2.26. The van der Waals surface area contributed by atoms with Crippen molar-refractivity contribution in [3.05, 3.63) is 52.7 Å². The van der Waals surface area contributed by atoms with E-state index < -0.39 is 11.8 Å². The van der Waals surface area contributed by atoms with Crippen molar-refractivity contribution in [1.82, 2.24) is 4.98 Å². The Bertz CT molecular complexity index is 698. The summed E-state index contributed by atoms with van der Waals surface area (Å²) in [4.78, 5) is 28.0. The summed E-state index contributed by atoms with van der Waals surface area (Å²) < 4.78 is 0. The minimum atomic E-state index is -0.740. The van der Waals surface area contributed by atoms with Crippen LogP contribution < -0.4 is 10.6 Å².